The number of benzene rings is 1. The van der Waals surface area contributed by atoms with Gasteiger partial charge in [-0.05, 0) is 42.3 Å². The topological polar surface area (TPSA) is 42.1 Å². The number of rotatable bonds is 6. The Morgan fingerprint density at radius 1 is 1.11 bits per heavy atom. The molecule has 0 aliphatic carbocycles. The number of nitrogens with two attached hydrogens (primary N) is 1. The Morgan fingerprint density at radius 2 is 1.84 bits per heavy atom. The molecule has 0 fully saturated rings. The van der Waals surface area contributed by atoms with Gasteiger partial charge in [0.15, 0.2) is 0 Å². The van der Waals surface area contributed by atoms with Crippen LogP contribution in [0, 0.1) is 0 Å². The number of hydrogen-bond acceptors (Lipinski definition) is 3. The molecule has 1 aromatic carbocycles. The molecule has 0 saturated carbocycles. The third-order valence-corrected chi connectivity index (χ3v) is 3.36. The van der Waals surface area contributed by atoms with Crippen LogP contribution >= 0.6 is 0 Å². The quantitative estimate of drug-likeness (QED) is 0.807. The minimum Gasteiger partial charge on any atom is -0.399 e. The van der Waals surface area contributed by atoms with E-state index in [0.29, 0.717) is 0 Å². The number of aromatic nitrogens is 1. The van der Waals surface area contributed by atoms with Crippen LogP contribution in [0.5, 0.6) is 0 Å². The molecule has 0 saturated heterocycles. The summed E-state index contributed by atoms with van der Waals surface area (Å²) >= 11 is 0. The van der Waals surface area contributed by atoms with Crippen molar-refractivity contribution in [3.8, 4) is 0 Å². The van der Waals surface area contributed by atoms with Crippen LogP contribution in [0.1, 0.15) is 18.1 Å². The molecular formula is C16H21N3. The SMILES string of the molecule is CCN(CCc1ccccc1N)Cc1ccncc1. The average molecular weight is 255 g/mol. The molecule has 100 valence electrons. The lowest BCUT2D eigenvalue weighted by Crippen LogP contribution is -2.25. The number of para-hydroxylation sites is 1. The molecule has 3 heteroatoms. The number of pyridine rings is 1. The predicted octanol–water partition coefficient (Wildman–Crippen LogP) is 2.73. The molecule has 1 aromatic heterocycles. The second-order valence-electron chi connectivity index (χ2n) is 4.67. The number of nitrogen functional groups attached to an aromatic ring is 1. The van der Waals surface area contributed by atoms with Crippen LogP contribution in [0.15, 0.2) is 48.8 Å². The monoisotopic (exact) mass is 255 g/mol. The zero-order valence-electron chi connectivity index (χ0n) is 11.4. The first-order valence-electron chi connectivity index (χ1n) is 6.74. The molecule has 0 unspecified atom stereocenters. The number of anilines is 1. The highest BCUT2D eigenvalue weighted by Gasteiger charge is 2.05. The van der Waals surface area contributed by atoms with Crippen LogP contribution < -0.4 is 5.73 Å². The smallest absolute Gasteiger partial charge is 0.0347 e. The molecule has 0 aliphatic rings. The Kier molecular flexibility index (Phi) is 4.93. The van der Waals surface area contributed by atoms with E-state index in [1.54, 1.807) is 0 Å². The largest absolute Gasteiger partial charge is 0.399 e. The molecule has 19 heavy (non-hydrogen) atoms. The van der Waals surface area contributed by atoms with E-state index in [2.05, 4.69) is 35.0 Å². The molecular weight excluding hydrogens is 234 g/mol. The van der Waals surface area contributed by atoms with Gasteiger partial charge >= 0.3 is 0 Å². The fraction of sp³-hybridized carbons (Fsp3) is 0.312. The maximum atomic E-state index is 5.97. The van der Waals surface area contributed by atoms with Crippen molar-refractivity contribution in [1.29, 1.82) is 0 Å². The van der Waals surface area contributed by atoms with Crippen molar-refractivity contribution in [3.63, 3.8) is 0 Å². The van der Waals surface area contributed by atoms with E-state index in [1.807, 2.05) is 30.6 Å². The summed E-state index contributed by atoms with van der Waals surface area (Å²) < 4.78 is 0. The first-order chi connectivity index (χ1) is 9.29. The Labute approximate surface area is 115 Å². The van der Waals surface area contributed by atoms with Crippen LogP contribution in [0.3, 0.4) is 0 Å². The van der Waals surface area contributed by atoms with Gasteiger partial charge in [0, 0.05) is 31.2 Å². The molecule has 2 aromatic rings. The molecule has 0 aliphatic heterocycles. The maximum absolute atomic E-state index is 5.97. The van der Waals surface area contributed by atoms with Crippen molar-refractivity contribution in [3.05, 3.63) is 59.9 Å². The highest BCUT2D eigenvalue weighted by atomic mass is 15.1. The van der Waals surface area contributed by atoms with Crippen molar-refractivity contribution in [2.75, 3.05) is 18.8 Å². The van der Waals surface area contributed by atoms with E-state index in [0.717, 1.165) is 31.7 Å². The van der Waals surface area contributed by atoms with Gasteiger partial charge in [0.1, 0.15) is 0 Å². The molecule has 0 radical (unpaired) electrons. The van der Waals surface area contributed by atoms with Crippen molar-refractivity contribution in [2.45, 2.75) is 19.9 Å². The van der Waals surface area contributed by atoms with Gasteiger partial charge in [0.05, 0.1) is 0 Å². The summed E-state index contributed by atoms with van der Waals surface area (Å²) in [6.07, 6.45) is 4.68. The average Bonchev–Trinajstić information content (AvgIpc) is 2.46. The highest BCUT2D eigenvalue weighted by Crippen LogP contribution is 2.12. The summed E-state index contributed by atoms with van der Waals surface area (Å²) in [4.78, 5) is 6.47. The summed E-state index contributed by atoms with van der Waals surface area (Å²) in [5.74, 6) is 0. The van der Waals surface area contributed by atoms with Crippen LogP contribution in [-0.2, 0) is 13.0 Å². The second-order valence-corrected chi connectivity index (χ2v) is 4.67. The number of likely N-dealkylation sites (N-methyl/N-ethyl adjacent to an activating group) is 1. The fourth-order valence-corrected chi connectivity index (χ4v) is 2.14. The zero-order chi connectivity index (χ0) is 13.5. The standard InChI is InChI=1S/C16H21N3/c1-2-19(13-14-7-10-18-11-8-14)12-9-15-5-3-4-6-16(15)17/h3-8,10-11H,2,9,12-13,17H2,1H3. The van der Waals surface area contributed by atoms with E-state index in [-0.39, 0.29) is 0 Å². The van der Waals surface area contributed by atoms with Gasteiger partial charge in [-0.1, -0.05) is 25.1 Å². The number of hydrogen-bond donors (Lipinski definition) is 1. The first-order valence-corrected chi connectivity index (χ1v) is 6.74. The minimum atomic E-state index is 0.891. The van der Waals surface area contributed by atoms with Crippen molar-refractivity contribution < 1.29 is 0 Å². The second kappa shape index (κ2) is 6.90. The zero-order valence-corrected chi connectivity index (χ0v) is 11.4. The predicted molar refractivity (Wildman–Crippen MR) is 79.7 cm³/mol. The minimum absolute atomic E-state index is 0.891. The molecule has 2 N–H and O–H groups in total. The molecule has 0 atom stereocenters. The van der Waals surface area contributed by atoms with E-state index in [1.165, 1.54) is 11.1 Å². The Morgan fingerprint density at radius 3 is 2.53 bits per heavy atom. The Balaban J connectivity index is 1.91. The van der Waals surface area contributed by atoms with Gasteiger partial charge in [-0.25, -0.2) is 0 Å². The van der Waals surface area contributed by atoms with E-state index < -0.39 is 0 Å². The highest BCUT2D eigenvalue weighted by molar-refractivity contribution is 5.46. The summed E-state index contributed by atoms with van der Waals surface area (Å²) in [7, 11) is 0. The van der Waals surface area contributed by atoms with Crippen LogP contribution in [0.4, 0.5) is 5.69 Å². The molecule has 0 amide bonds. The summed E-state index contributed by atoms with van der Waals surface area (Å²) in [6, 6.07) is 12.2. The lowest BCUT2D eigenvalue weighted by Gasteiger charge is -2.20. The van der Waals surface area contributed by atoms with Gasteiger partial charge in [-0.2, -0.15) is 0 Å². The summed E-state index contributed by atoms with van der Waals surface area (Å²) in [5, 5.41) is 0. The van der Waals surface area contributed by atoms with Crippen molar-refractivity contribution >= 4 is 5.69 Å². The third-order valence-electron chi connectivity index (χ3n) is 3.36. The van der Waals surface area contributed by atoms with Crippen LogP contribution in [-0.4, -0.2) is 23.0 Å². The normalized spacial score (nSPS) is 10.8. The maximum Gasteiger partial charge on any atom is 0.0347 e. The van der Waals surface area contributed by atoms with Gasteiger partial charge in [-0.3, -0.25) is 9.88 Å². The molecule has 0 spiro atoms. The van der Waals surface area contributed by atoms with Crippen molar-refractivity contribution in [1.82, 2.24) is 9.88 Å². The Hall–Kier alpha value is -1.87. The van der Waals surface area contributed by atoms with Gasteiger partial charge < -0.3 is 5.73 Å². The Bertz CT molecular complexity index is 496. The fourth-order valence-electron chi connectivity index (χ4n) is 2.14. The molecule has 0 bridgehead atoms. The van der Waals surface area contributed by atoms with Crippen molar-refractivity contribution in [2.24, 2.45) is 0 Å². The van der Waals surface area contributed by atoms with Crippen LogP contribution in [0.25, 0.3) is 0 Å². The van der Waals surface area contributed by atoms with E-state index in [9.17, 15) is 0 Å². The molecule has 3 nitrogen and oxygen atoms in total. The van der Waals surface area contributed by atoms with Gasteiger partial charge in [0.2, 0.25) is 0 Å². The molecule has 2 rings (SSSR count). The lowest BCUT2D eigenvalue weighted by atomic mass is 10.1. The number of nitrogens with zero attached hydrogens (tertiary/aromatic N) is 2. The van der Waals surface area contributed by atoms with Gasteiger partial charge in [0.25, 0.3) is 0 Å². The summed E-state index contributed by atoms with van der Waals surface area (Å²) in [6.45, 7) is 5.21. The lowest BCUT2D eigenvalue weighted by molar-refractivity contribution is 0.283. The summed E-state index contributed by atoms with van der Waals surface area (Å²) in [5.41, 5.74) is 9.40. The molecule has 1 heterocycles. The van der Waals surface area contributed by atoms with E-state index in [4.69, 9.17) is 5.73 Å². The third kappa shape index (κ3) is 4.07. The van der Waals surface area contributed by atoms with Crippen LogP contribution in [0.2, 0.25) is 0 Å². The van der Waals surface area contributed by atoms with E-state index >= 15 is 0 Å². The first kappa shape index (κ1) is 13.6. The van der Waals surface area contributed by atoms with Gasteiger partial charge in [-0.15, -0.1) is 0 Å².